The van der Waals surface area contributed by atoms with E-state index in [1.165, 1.54) is 0 Å². The first-order chi connectivity index (χ1) is 7.32. The largest absolute Gasteiger partial charge is 0.444 e. The van der Waals surface area contributed by atoms with Crippen molar-refractivity contribution in [3.8, 4) is 0 Å². The number of ether oxygens (including phenoxy) is 2. The lowest BCUT2D eigenvalue weighted by Crippen LogP contribution is -2.65. The molecule has 1 spiro atoms. The molecular weight excluding hydrogens is 208 g/mol. The second kappa shape index (κ2) is 3.60. The minimum atomic E-state index is -0.436. The molecule has 0 aromatic carbocycles. The number of hydrogen-bond donors (Lipinski definition) is 1. The van der Waals surface area contributed by atoms with E-state index in [2.05, 4.69) is 0 Å². The van der Waals surface area contributed by atoms with Crippen LogP contribution in [-0.2, 0) is 9.47 Å². The summed E-state index contributed by atoms with van der Waals surface area (Å²) >= 11 is 0. The Kier molecular flexibility index (Phi) is 2.62. The molecule has 0 unspecified atom stereocenters. The molecule has 0 radical (unpaired) electrons. The smallest absolute Gasteiger partial charge is 0.410 e. The van der Waals surface area contributed by atoms with Crippen molar-refractivity contribution in [2.24, 2.45) is 11.1 Å². The first-order valence-electron chi connectivity index (χ1n) is 5.64. The Bertz CT molecular complexity index is 292. The van der Waals surface area contributed by atoms with Crippen LogP contribution in [0.1, 0.15) is 20.8 Å². The Morgan fingerprint density at radius 3 is 2.56 bits per heavy atom. The molecule has 2 saturated heterocycles. The quantitative estimate of drug-likeness (QED) is 0.658. The molecular formula is C11H20N2O3. The lowest BCUT2D eigenvalue weighted by atomic mass is 9.76. The van der Waals surface area contributed by atoms with E-state index in [9.17, 15) is 4.79 Å². The van der Waals surface area contributed by atoms with Gasteiger partial charge in [-0.05, 0) is 20.8 Å². The second-order valence-corrected chi connectivity index (χ2v) is 5.82. The van der Waals surface area contributed by atoms with Gasteiger partial charge in [-0.2, -0.15) is 0 Å². The predicted octanol–water partition coefficient (Wildman–Crippen LogP) is 0.581. The number of amides is 1. The van der Waals surface area contributed by atoms with Crippen molar-refractivity contribution >= 4 is 6.09 Å². The van der Waals surface area contributed by atoms with Gasteiger partial charge in [0.1, 0.15) is 5.60 Å². The van der Waals surface area contributed by atoms with Crippen LogP contribution in [-0.4, -0.2) is 48.9 Å². The van der Waals surface area contributed by atoms with Crippen LogP contribution in [0.3, 0.4) is 0 Å². The molecule has 0 aromatic heterocycles. The Balaban J connectivity index is 1.86. The molecule has 2 fully saturated rings. The van der Waals surface area contributed by atoms with E-state index < -0.39 is 5.60 Å². The highest BCUT2D eigenvalue weighted by atomic mass is 16.6. The van der Waals surface area contributed by atoms with E-state index in [-0.39, 0.29) is 17.6 Å². The van der Waals surface area contributed by atoms with Crippen LogP contribution in [0.2, 0.25) is 0 Å². The van der Waals surface area contributed by atoms with Gasteiger partial charge in [-0.1, -0.05) is 0 Å². The van der Waals surface area contributed by atoms with Crippen LogP contribution in [0.15, 0.2) is 0 Å². The second-order valence-electron chi connectivity index (χ2n) is 5.82. The van der Waals surface area contributed by atoms with Crippen molar-refractivity contribution in [2.75, 3.05) is 26.3 Å². The third kappa shape index (κ3) is 2.01. The molecule has 1 atom stereocenters. The third-order valence-corrected chi connectivity index (χ3v) is 3.14. The molecule has 92 valence electrons. The van der Waals surface area contributed by atoms with Crippen molar-refractivity contribution < 1.29 is 14.3 Å². The van der Waals surface area contributed by atoms with Gasteiger partial charge in [-0.25, -0.2) is 4.79 Å². The molecule has 2 aliphatic rings. The van der Waals surface area contributed by atoms with Crippen molar-refractivity contribution in [3.05, 3.63) is 0 Å². The molecule has 5 nitrogen and oxygen atoms in total. The Morgan fingerprint density at radius 1 is 1.50 bits per heavy atom. The summed E-state index contributed by atoms with van der Waals surface area (Å²) in [5.74, 6) is 0. The van der Waals surface area contributed by atoms with Crippen molar-refractivity contribution in [3.63, 3.8) is 0 Å². The predicted molar refractivity (Wildman–Crippen MR) is 59.0 cm³/mol. The molecule has 2 rings (SSSR count). The Hall–Kier alpha value is -0.810. The van der Waals surface area contributed by atoms with Crippen LogP contribution >= 0.6 is 0 Å². The number of rotatable bonds is 0. The number of nitrogens with zero attached hydrogens (tertiary/aromatic N) is 1. The summed E-state index contributed by atoms with van der Waals surface area (Å²) in [6.07, 6.45) is -0.253. The molecule has 2 aliphatic heterocycles. The molecule has 0 aromatic rings. The molecule has 5 heteroatoms. The summed E-state index contributed by atoms with van der Waals surface area (Å²) in [7, 11) is 0. The average Bonchev–Trinajstić information content (AvgIpc) is 2.40. The molecule has 2 N–H and O–H groups in total. The number of carbonyl (C=O) groups is 1. The van der Waals surface area contributed by atoms with Gasteiger partial charge in [-0.3, -0.25) is 0 Å². The number of carbonyl (C=O) groups excluding carboxylic acids is 1. The summed E-state index contributed by atoms with van der Waals surface area (Å²) in [6, 6.07) is 0.0474. The SMILES string of the molecule is CC(C)(C)OC(=O)N1CC2(COC[C@H]2N)C1. The van der Waals surface area contributed by atoms with E-state index in [1.807, 2.05) is 20.8 Å². The topological polar surface area (TPSA) is 64.8 Å². The van der Waals surface area contributed by atoms with Gasteiger partial charge in [0.25, 0.3) is 0 Å². The van der Waals surface area contributed by atoms with Gasteiger partial charge in [0.2, 0.25) is 0 Å². The average molecular weight is 228 g/mol. The van der Waals surface area contributed by atoms with Gasteiger partial charge >= 0.3 is 6.09 Å². The standard InChI is InChI=1S/C11H20N2O3/c1-10(2,3)16-9(14)13-5-11(6-13)7-15-4-8(11)12/h8H,4-7,12H2,1-3H3/t8-/m1/s1. The fourth-order valence-electron chi connectivity index (χ4n) is 2.17. The highest BCUT2D eigenvalue weighted by Crippen LogP contribution is 2.38. The maximum Gasteiger partial charge on any atom is 0.410 e. The third-order valence-electron chi connectivity index (χ3n) is 3.14. The van der Waals surface area contributed by atoms with E-state index in [1.54, 1.807) is 4.90 Å². The van der Waals surface area contributed by atoms with Gasteiger partial charge in [0.05, 0.1) is 13.2 Å². The van der Waals surface area contributed by atoms with E-state index >= 15 is 0 Å². The molecule has 16 heavy (non-hydrogen) atoms. The molecule has 0 saturated carbocycles. The first kappa shape index (κ1) is 11.7. The van der Waals surface area contributed by atoms with Crippen LogP contribution in [0.5, 0.6) is 0 Å². The zero-order chi connectivity index (χ0) is 12.0. The lowest BCUT2D eigenvalue weighted by Gasteiger charge is -2.49. The first-order valence-corrected chi connectivity index (χ1v) is 5.64. The zero-order valence-electron chi connectivity index (χ0n) is 10.2. The van der Waals surface area contributed by atoms with Gasteiger partial charge in [-0.15, -0.1) is 0 Å². The van der Waals surface area contributed by atoms with Gasteiger partial charge < -0.3 is 20.1 Å². The number of likely N-dealkylation sites (tertiary alicyclic amines) is 1. The summed E-state index contributed by atoms with van der Waals surface area (Å²) in [5, 5.41) is 0. The van der Waals surface area contributed by atoms with E-state index in [0.29, 0.717) is 26.3 Å². The van der Waals surface area contributed by atoms with Crippen LogP contribution in [0.4, 0.5) is 4.79 Å². The normalized spacial score (nSPS) is 28.0. The van der Waals surface area contributed by atoms with E-state index in [0.717, 1.165) is 0 Å². The maximum absolute atomic E-state index is 11.7. The molecule has 0 bridgehead atoms. The highest BCUT2D eigenvalue weighted by Gasteiger charge is 2.53. The maximum atomic E-state index is 11.7. The van der Waals surface area contributed by atoms with Crippen molar-refractivity contribution in [1.82, 2.24) is 4.90 Å². The number of hydrogen-bond acceptors (Lipinski definition) is 4. The molecule has 2 heterocycles. The monoisotopic (exact) mass is 228 g/mol. The molecule has 0 aliphatic carbocycles. The van der Waals surface area contributed by atoms with Crippen LogP contribution in [0.25, 0.3) is 0 Å². The van der Waals surface area contributed by atoms with Crippen molar-refractivity contribution in [1.29, 1.82) is 0 Å². The van der Waals surface area contributed by atoms with Gasteiger partial charge in [0.15, 0.2) is 0 Å². The lowest BCUT2D eigenvalue weighted by molar-refractivity contribution is -0.0403. The zero-order valence-corrected chi connectivity index (χ0v) is 10.2. The van der Waals surface area contributed by atoms with Crippen molar-refractivity contribution in [2.45, 2.75) is 32.4 Å². The van der Waals surface area contributed by atoms with Crippen LogP contribution in [0, 0.1) is 5.41 Å². The summed E-state index contributed by atoms with van der Waals surface area (Å²) in [5.41, 5.74) is 5.51. The minimum Gasteiger partial charge on any atom is -0.444 e. The Labute approximate surface area is 95.9 Å². The summed E-state index contributed by atoms with van der Waals surface area (Å²) < 4.78 is 10.6. The van der Waals surface area contributed by atoms with E-state index in [4.69, 9.17) is 15.2 Å². The van der Waals surface area contributed by atoms with Crippen LogP contribution < -0.4 is 5.73 Å². The molecule has 1 amide bonds. The summed E-state index contributed by atoms with van der Waals surface area (Å²) in [4.78, 5) is 13.4. The Morgan fingerprint density at radius 2 is 2.12 bits per heavy atom. The highest BCUT2D eigenvalue weighted by molar-refractivity contribution is 5.69. The van der Waals surface area contributed by atoms with Gasteiger partial charge in [0, 0.05) is 24.5 Å². The fraction of sp³-hybridized carbons (Fsp3) is 0.909. The summed E-state index contributed by atoms with van der Waals surface area (Å²) in [6.45, 7) is 8.17. The minimum absolute atomic E-state index is 0.0170. The number of nitrogens with two attached hydrogens (primary N) is 1. The fourth-order valence-corrected chi connectivity index (χ4v) is 2.17.